The quantitative estimate of drug-likeness (QED) is 0.0204. The molecule has 1 amide bonds. The Hall–Kier alpha value is -1.53. The molecule has 12 atom stereocenters. The number of carbonyl (C=O) groups is 1. The first kappa shape index (κ1) is 70.6. The predicted octanol–water partition coefficient (Wildman–Crippen LogP) is 11.2. The number of amides is 1. The van der Waals surface area contributed by atoms with Crippen molar-refractivity contribution >= 4 is 5.91 Å². The van der Waals surface area contributed by atoms with Crippen LogP contribution in [-0.4, -0.2) is 140 Å². The Morgan fingerprint density at radius 2 is 0.842 bits per heavy atom. The molecule has 12 unspecified atom stereocenters. The topological polar surface area (TPSA) is 228 Å². The Bertz CT molecular complexity index is 1370. The van der Waals surface area contributed by atoms with Crippen LogP contribution in [0.25, 0.3) is 0 Å². The third kappa shape index (κ3) is 33.3. The highest BCUT2D eigenvalue weighted by Crippen LogP contribution is 2.30. The second kappa shape index (κ2) is 48.2. The van der Waals surface area contributed by atoms with Crippen molar-refractivity contribution < 1.29 is 64.6 Å². The van der Waals surface area contributed by atoms with Crippen molar-refractivity contribution in [1.82, 2.24) is 5.32 Å². The van der Waals surface area contributed by atoms with Gasteiger partial charge >= 0.3 is 0 Å². The van der Waals surface area contributed by atoms with Gasteiger partial charge in [-0.2, -0.15) is 0 Å². The van der Waals surface area contributed by atoms with Crippen LogP contribution in [0.3, 0.4) is 0 Å². The zero-order chi connectivity index (χ0) is 55.3. The zero-order valence-electron chi connectivity index (χ0n) is 48.3. The van der Waals surface area contributed by atoms with Crippen LogP contribution in [0.4, 0.5) is 0 Å². The second-order valence-corrected chi connectivity index (χ2v) is 22.5. The molecular formula is C62H117NO13. The van der Waals surface area contributed by atoms with E-state index in [2.05, 4.69) is 31.3 Å². The fourth-order valence-corrected chi connectivity index (χ4v) is 10.5. The summed E-state index contributed by atoms with van der Waals surface area (Å²) in [4.78, 5) is 13.2. The highest BCUT2D eigenvalue weighted by molar-refractivity contribution is 5.76. The molecule has 2 aliphatic heterocycles. The van der Waals surface area contributed by atoms with Gasteiger partial charge in [0.25, 0.3) is 0 Å². The highest BCUT2D eigenvalue weighted by atomic mass is 16.7. The highest BCUT2D eigenvalue weighted by Gasteiger charge is 2.51. The summed E-state index contributed by atoms with van der Waals surface area (Å²) in [6.45, 7) is 2.79. The van der Waals surface area contributed by atoms with Crippen LogP contribution in [0.5, 0.6) is 0 Å². The fraction of sp³-hybridized carbons (Fsp3) is 0.919. The number of aliphatic hydroxyl groups is 8. The number of aliphatic hydroxyl groups excluding tert-OH is 8. The van der Waals surface area contributed by atoms with Crippen molar-refractivity contribution in [2.24, 2.45) is 0 Å². The molecule has 0 aliphatic carbocycles. The SMILES string of the molecule is CCCCCCCCCCCCCCCCCCCCCCCCCCC/C=C/CC/C=C/C(O)C(COC1OC(CO)C(OC2OC(CO)C(O)C(O)C2O)C(O)C1O)NC(=O)CCCCCCCCCCCCC. The van der Waals surface area contributed by atoms with Crippen molar-refractivity contribution in [3.8, 4) is 0 Å². The van der Waals surface area contributed by atoms with E-state index in [9.17, 15) is 45.6 Å². The van der Waals surface area contributed by atoms with E-state index >= 15 is 0 Å². The van der Waals surface area contributed by atoms with Gasteiger partial charge in [-0.1, -0.05) is 256 Å². The molecule has 0 radical (unpaired) electrons. The molecule has 0 aromatic rings. The van der Waals surface area contributed by atoms with Crippen molar-refractivity contribution in [1.29, 1.82) is 0 Å². The van der Waals surface area contributed by atoms with Crippen molar-refractivity contribution in [3.05, 3.63) is 24.3 Å². The van der Waals surface area contributed by atoms with Crippen LogP contribution < -0.4 is 5.32 Å². The Balaban J connectivity index is 1.67. The summed E-state index contributed by atoms with van der Waals surface area (Å²) < 4.78 is 22.7. The van der Waals surface area contributed by atoms with E-state index < -0.39 is 86.8 Å². The zero-order valence-corrected chi connectivity index (χ0v) is 48.3. The number of hydrogen-bond donors (Lipinski definition) is 9. The second-order valence-electron chi connectivity index (χ2n) is 22.5. The number of ether oxygens (including phenoxy) is 4. The molecule has 0 aromatic carbocycles. The molecule has 0 bridgehead atoms. The molecule has 0 spiro atoms. The van der Waals surface area contributed by atoms with Gasteiger partial charge in [-0.3, -0.25) is 4.79 Å². The molecule has 0 aromatic heterocycles. The third-order valence-electron chi connectivity index (χ3n) is 15.6. The maximum atomic E-state index is 13.2. The number of rotatable bonds is 51. The van der Waals surface area contributed by atoms with Gasteiger partial charge in [0.15, 0.2) is 12.6 Å². The number of hydrogen-bond acceptors (Lipinski definition) is 13. The molecule has 14 heteroatoms. The molecule has 448 valence electrons. The van der Waals surface area contributed by atoms with Crippen molar-refractivity contribution in [2.75, 3.05) is 19.8 Å². The van der Waals surface area contributed by atoms with E-state index in [1.165, 1.54) is 205 Å². The summed E-state index contributed by atoms with van der Waals surface area (Å²) in [5.41, 5.74) is 0. The summed E-state index contributed by atoms with van der Waals surface area (Å²) >= 11 is 0. The first-order chi connectivity index (χ1) is 37.1. The fourth-order valence-electron chi connectivity index (χ4n) is 10.5. The Morgan fingerprint density at radius 3 is 1.29 bits per heavy atom. The number of carbonyl (C=O) groups excluding carboxylic acids is 1. The van der Waals surface area contributed by atoms with Gasteiger partial charge in [0.2, 0.25) is 5.91 Å². The van der Waals surface area contributed by atoms with Gasteiger partial charge in [0.1, 0.15) is 48.8 Å². The van der Waals surface area contributed by atoms with E-state index in [4.69, 9.17) is 18.9 Å². The Labute approximate surface area is 462 Å². The molecule has 76 heavy (non-hydrogen) atoms. The van der Waals surface area contributed by atoms with E-state index in [0.717, 1.165) is 32.1 Å². The summed E-state index contributed by atoms with van der Waals surface area (Å²) in [7, 11) is 0. The van der Waals surface area contributed by atoms with E-state index in [0.29, 0.717) is 12.8 Å². The summed E-state index contributed by atoms with van der Waals surface area (Å²) in [5.74, 6) is -0.248. The van der Waals surface area contributed by atoms with Gasteiger partial charge in [0.05, 0.1) is 32.0 Å². The van der Waals surface area contributed by atoms with E-state index in [1.807, 2.05) is 6.08 Å². The minimum Gasteiger partial charge on any atom is -0.394 e. The average Bonchev–Trinajstić information content (AvgIpc) is 3.42. The lowest BCUT2D eigenvalue weighted by Crippen LogP contribution is -2.65. The van der Waals surface area contributed by atoms with E-state index in [-0.39, 0.29) is 18.9 Å². The Morgan fingerprint density at radius 1 is 0.461 bits per heavy atom. The van der Waals surface area contributed by atoms with Gasteiger partial charge in [-0.25, -0.2) is 0 Å². The normalized spacial score (nSPS) is 25.0. The number of allylic oxidation sites excluding steroid dienone is 3. The third-order valence-corrected chi connectivity index (χ3v) is 15.6. The summed E-state index contributed by atoms with van der Waals surface area (Å²) in [6.07, 6.45) is 41.2. The van der Waals surface area contributed by atoms with Crippen LogP contribution in [0, 0.1) is 0 Å². The molecular weight excluding hydrogens is 967 g/mol. The maximum absolute atomic E-state index is 13.2. The lowest BCUT2D eigenvalue weighted by Gasteiger charge is -2.46. The molecule has 14 nitrogen and oxygen atoms in total. The summed E-state index contributed by atoms with van der Waals surface area (Å²) in [6, 6.07) is -0.927. The van der Waals surface area contributed by atoms with Gasteiger partial charge in [0, 0.05) is 6.42 Å². The average molecular weight is 1080 g/mol. The first-order valence-electron chi connectivity index (χ1n) is 31.6. The molecule has 2 rings (SSSR count). The lowest BCUT2D eigenvalue weighted by atomic mass is 9.97. The van der Waals surface area contributed by atoms with Crippen LogP contribution in [-0.2, 0) is 23.7 Å². The maximum Gasteiger partial charge on any atom is 0.220 e. The lowest BCUT2D eigenvalue weighted by molar-refractivity contribution is -0.359. The minimum absolute atomic E-state index is 0.248. The molecule has 0 saturated carbocycles. The molecule has 2 aliphatic rings. The van der Waals surface area contributed by atoms with Gasteiger partial charge < -0.3 is 65.1 Å². The molecule has 9 N–H and O–H groups in total. The first-order valence-corrected chi connectivity index (χ1v) is 31.6. The predicted molar refractivity (Wildman–Crippen MR) is 305 cm³/mol. The minimum atomic E-state index is -1.79. The smallest absolute Gasteiger partial charge is 0.220 e. The summed E-state index contributed by atoms with van der Waals surface area (Å²) in [5, 5.41) is 87.0. The molecule has 2 heterocycles. The van der Waals surface area contributed by atoms with Crippen LogP contribution >= 0.6 is 0 Å². The van der Waals surface area contributed by atoms with Crippen molar-refractivity contribution in [2.45, 2.75) is 344 Å². The Kier molecular flexibility index (Phi) is 44.8. The largest absolute Gasteiger partial charge is 0.394 e. The number of unbranched alkanes of at least 4 members (excludes halogenated alkanes) is 36. The standard InChI is InChI=1S/C62H117NO13/c1-3-5-7-9-11-13-15-16-17-18-19-20-21-22-23-24-25-26-27-28-29-30-31-32-33-34-36-37-39-41-43-45-51(66)50(63-54(67)46-44-42-40-38-35-14-12-10-8-6-4-2)49-73-61-59(72)57(70)60(53(48-65)75-61)76-62-58(71)56(69)55(68)52(47-64)74-62/h36-37,43,45,50-53,55-62,64-66,68-72H,3-35,38-42,44,46-49H2,1-2H3,(H,63,67)/b37-36+,45-43+. The van der Waals surface area contributed by atoms with Crippen LogP contribution in [0.1, 0.15) is 271 Å². The van der Waals surface area contributed by atoms with Crippen molar-refractivity contribution in [3.63, 3.8) is 0 Å². The van der Waals surface area contributed by atoms with E-state index in [1.54, 1.807) is 6.08 Å². The van der Waals surface area contributed by atoms with Crippen LogP contribution in [0.15, 0.2) is 24.3 Å². The monoisotopic (exact) mass is 1080 g/mol. The van der Waals surface area contributed by atoms with Gasteiger partial charge in [-0.15, -0.1) is 0 Å². The van der Waals surface area contributed by atoms with Crippen LogP contribution in [0.2, 0.25) is 0 Å². The molecule has 2 saturated heterocycles. The molecule has 2 fully saturated rings. The van der Waals surface area contributed by atoms with Gasteiger partial charge in [-0.05, 0) is 32.1 Å². The number of nitrogens with one attached hydrogen (secondary N) is 1.